The number of nitrogens with one attached hydrogen (secondary N) is 1. The molecule has 0 spiro atoms. The molecule has 0 aliphatic rings. The fourth-order valence-electron chi connectivity index (χ4n) is 1.07. The van der Waals surface area contributed by atoms with Gasteiger partial charge >= 0.3 is 0 Å². The number of anilines is 1. The second kappa shape index (κ2) is 4.49. The van der Waals surface area contributed by atoms with Crippen molar-refractivity contribution in [3.8, 4) is 6.07 Å². The van der Waals surface area contributed by atoms with Crippen LogP contribution in [0.5, 0.6) is 0 Å². The molecule has 0 unspecified atom stereocenters. The monoisotopic (exact) mass is 222 g/mol. The highest BCUT2D eigenvalue weighted by atomic mass is 32.2. The van der Waals surface area contributed by atoms with E-state index in [1.807, 2.05) is 27.0 Å². The van der Waals surface area contributed by atoms with Gasteiger partial charge in [-0.1, -0.05) is 0 Å². The van der Waals surface area contributed by atoms with Gasteiger partial charge < -0.3 is 5.32 Å². The van der Waals surface area contributed by atoms with Crippen LogP contribution >= 0.6 is 11.8 Å². The molecule has 80 valence electrons. The molecular weight excluding hydrogens is 208 g/mol. The predicted molar refractivity (Wildman–Crippen MR) is 61.9 cm³/mol. The fraction of sp³-hybridized carbons (Fsp3) is 0.500. The van der Waals surface area contributed by atoms with Crippen molar-refractivity contribution < 1.29 is 0 Å². The number of thioether (sulfide) groups is 1. The topological polar surface area (TPSA) is 61.6 Å². The van der Waals surface area contributed by atoms with E-state index in [4.69, 9.17) is 5.26 Å². The summed E-state index contributed by atoms with van der Waals surface area (Å²) in [5, 5.41) is 12.9. The SMILES string of the molecule is CSc1ncnc(NC(C)(C)C)c1C#N. The Labute approximate surface area is 94.1 Å². The molecule has 1 aromatic rings. The Kier molecular flexibility index (Phi) is 3.53. The summed E-state index contributed by atoms with van der Waals surface area (Å²) in [6.45, 7) is 6.07. The lowest BCUT2D eigenvalue weighted by molar-refractivity contribution is 0.628. The van der Waals surface area contributed by atoms with E-state index in [1.54, 1.807) is 0 Å². The van der Waals surface area contributed by atoms with E-state index in [-0.39, 0.29) is 5.54 Å². The first-order valence-electron chi connectivity index (χ1n) is 4.55. The maximum atomic E-state index is 9.04. The Bertz CT molecular complexity index is 389. The van der Waals surface area contributed by atoms with Crippen LogP contribution in [0.25, 0.3) is 0 Å². The van der Waals surface area contributed by atoms with Crippen molar-refractivity contribution in [1.29, 1.82) is 5.26 Å². The van der Waals surface area contributed by atoms with Gasteiger partial charge in [-0.05, 0) is 27.0 Å². The highest BCUT2D eigenvalue weighted by Crippen LogP contribution is 2.23. The number of aromatic nitrogens is 2. The zero-order valence-electron chi connectivity index (χ0n) is 9.33. The first kappa shape index (κ1) is 11.8. The molecule has 0 aliphatic heterocycles. The molecule has 0 saturated carbocycles. The van der Waals surface area contributed by atoms with Crippen molar-refractivity contribution in [2.75, 3.05) is 11.6 Å². The van der Waals surface area contributed by atoms with Crippen LogP contribution in [0.15, 0.2) is 11.4 Å². The summed E-state index contributed by atoms with van der Waals surface area (Å²) < 4.78 is 0. The average molecular weight is 222 g/mol. The van der Waals surface area contributed by atoms with E-state index in [1.165, 1.54) is 18.1 Å². The standard InChI is InChI=1S/C10H14N4S/c1-10(2,3)14-8-7(5-11)9(15-4)13-6-12-8/h6H,1-4H3,(H,12,13,14). The van der Waals surface area contributed by atoms with Crippen LogP contribution in [-0.4, -0.2) is 21.8 Å². The molecular formula is C10H14N4S. The Hall–Kier alpha value is -1.28. The van der Waals surface area contributed by atoms with Crippen LogP contribution in [0.1, 0.15) is 26.3 Å². The molecule has 1 aromatic heterocycles. The molecule has 0 atom stereocenters. The maximum Gasteiger partial charge on any atom is 0.148 e. The Morgan fingerprint density at radius 3 is 2.53 bits per heavy atom. The molecule has 0 aliphatic carbocycles. The van der Waals surface area contributed by atoms with Crippen LogP contribution in [0, 0.1) is 11.3 Å². The van der Waals surface area contributed by atoms with Crippen LogP contribution in [0.4, 0.5) is 5.82 Å². The minimum Gasteiger partial charge on any atom is -0.364 e. The maximum absolute atomic E-state index is 9.04. The fourth-order valence-corrected chi connectivity index (χ4v) is 1.57. The number of nitriles is 1. The van der Waals surface area contributed by atoms with E-state index >= 15 is 0 Å². The number of rotatable bonds is 2. The van der Waals surface area contributed by atoms with Crippen molar-refractivity contribution in [2.45, 2.75) is 31.3 Å². The highest BCUT2D eigenvalue weighted by Gasteiger charge is 2.16. The van der Waals surface area contributed by atoms with Crippen molar-refractivity contribution in [1.82, 2.24) is 9.97 Å². The summed E-state index contributed by atoms with van der Waals surface area (Å²) in [4.78, 5) is 8.13. The van der Waals surface area contributed by atoms with Gasteiger partial charge in [-0.25, -0.2) is 9.97 Å². The largest absolute Gasteiger partial charge is 0.364 e. The molecule has 0 aromatic carbocycles. The van der Waals surface area contributed by atoms with Crippen LogP contribution in [-0.2, 0) is 0 Å². The Morgan fingerprint density at radius 2 is 2.07 bits per heavy atom. The van der Waals surface area contributed by atoms with E-state index in [2.05, 4.69) is 21.4 Å². The second-order valence-electron chi connectivity index (χ2n) is 4.09. The van der Waals surface area contributed by atoms with Gasteiger partial charge in [-0.3, -0.25) is 0 Å². The van der Waals surface area contributed by atoms with Crippen molar-refractivity contribution in [3.63, 3.8) is 0 Å². The van der Waals surface area contributed by atoms with Gasteiger partial charge in [0, 0.05) is 5.54 Å². The molecule has 1 rings (SSSR count). The van der Waals surface area contributed by atoms with Crippen LogP contribution < -0.4 is 5.32 Å². The summed E-state index contributed by atoms with van der Waals surface area (Å²) in [5.74, 6) is 0.601. The highest BCUT2D eigenvalue weighted by molar-refractivity contribution is 7.98. The number of nitrogens with zero attached hydrogens (tertiary/aromatic N) is 3. The average Bonchev–Trinajstić information content (AvgIpc) is 2.15. The molecule has 5 heteroatoms. The lowest BCUT2D eigenvalue weighted by atomic mass is 10.1. The molecule has 1 N–H and O–H groups in total. The van der Waals surface area contributed by atoms with E-state index in [9.17, 15) is 0 Å². The Morgan fingerprint density at radius 1 is 1.40 bits per heavy atom. The number of hydrogen-bond acceptors (Lipinski definition) is 5. The van der Waals surface area contributed by atoms with E-state index in [0.717, 1.165) is 0 Å². The molecule has 0 radical (unpaired) electrons. The number of hydrogen-bond donors (Lipinski definition) is 1. The summed E-state index contributed by atoms with van der Waals surface area (Å²) >= 11 is 1.45. The van der Waals surface area contributed by atoms with Gasteiger partial charge in [-0.15, -0.1) is 11.8 Å². The van der Waals surface area contributed by atoms with Gasteiger partial charge in [-0.2, -0.15) is 5.26 Å². The van der Waals surface area contributed by atoms with Crippen molar-refractivity contribution >= 4 is 17.6 Å². The van der Waals surface area contributed by atoms with Gasteiger partial charge in [0.25, 0.3) is 0 Å². The van der Waals surface area contributed by atoms with Crippen LogP contribution in [0.2, 0.25) is 0 Å². The summed E-state index contributed by atoms with van der Waals surface area (Å²) in [5.41, 5.74) is 0.398. The van der Waals surface area contributed by atoms with Crippen molar-refractivity contribution in [2.24, 2.45) is 0 Å². The van der Waals surface area contributed by atoms with Gasteiger partial charge in [0.05, 0.1) is 0 Å². The quantitative estimate of drug-likeness (QED) is 0.614. The normalized spacial score (nSPS) is 10.9. The predicted octanol–water partition coefficient (Wildman–Crippen LogP) is 2.28. The summed E-state index contributed by atoms with van der Waals surface area (Å²) in [6, 6.07) is 2.13. The molecule has 4 nitrogen and oxygen atoms in total. The van der Waals surface area contributed by atoms with Crippen LogP contribution in [0.3, 0.4) is 0 Å². The molecule has 0 fully saturated rings. The van der Waals surface area contributed by atoms with Gasteiger partial charge in [0.2, 0.25) is 0 Å². The smallest absolute Gasteiger partial charge is 0.148 e. The minimum atomic E-state index is -0.115. The summed E-state index contributed by atoms with van der Waals surface area (Å²) in [6.07, 6.45) is 3.37. The Balaban J connectivity index is 3.14. The molecule has 1 heterocycles. The summed E-state index contributed by atoms with van der Waals surface area (Å²) in [7, 11) is 0. The van der Waals surface area contributed by atoms with E-state index in [0.29, 0.717) is 16.4 Å². The zero-order chi connectivity index (χ0) is 11.5. The minimum absolute atomic E-state index is 0.115. The molecule has 0 bridgehead atoms. The van der Waals surface area contributed by atoms with E-state index < -0.39 is 0 Å². The molecule has 0 amide bonds. The first-order valence-corrected chi connectivity index (χ1v) is 5.77. The third-order valence-corrected chi connectivity index (χ3v) is 2.31. The van der Waals surface area contributed by atoms with Gasteiger partial charge in [0.15, 0.2) is 0 Å². The zero-order valence-corrected chi connectivity index (χ0v) is 10.1. The molecule has 0 saturated heterocycles. The lowest BCUT2D eigenvalue weighted by Gasteiger charge is -2.22. The first-order chi connectivity index (χ1) is 6.98. The molecule has 15 heavy (non-hydrogen) atoms. The van der Waals surface area contributed by atoms with Gasteiger partial charge in [0.1, 0.15) is 28.8 Å². The third-order valence-electron chi connectivity index (χ3n) is 1.61. The lowest BCUT2D eigenvalue weighted by Crippen LogP contribution is -2.27. The second-order valence-corrected chi connectivity index (χ2v) is 4.89. The third kappa shape index (κ3) is 3.10. The van der Waals surface area contributed by atoms with Crippen molar-refractivity contribution in [3.05, 3.63) is 11.9 Å².